The fourth-order valence-corrected chi connectivity index (χ4v) is 2.82. The molecule has 1 saturated heterocycles. The monoisotopic (exact) mass is 371 g/mol. The Bertz CT molecular complexity index is 612. The van der Waals surface area contributed by atoms with Crippen LogP contribution in [0.3, 0.4) is 0 Å². The first kappa shape index (κ1) is 21.1. The number of amides is 2. The van der Waals surface area contributed by atoms with Crippen LogP contribution >= 0.6 is 12.4 Å². The molecule has 140 valence electrons. The highest BCUT2D eigenvalue weighted by Gasteiger charge is 2.37. The van der Waals surface area contributed by atoms with Gasteiger partial charge in [-0.3, -0.25) is 9.59 Å². The van der Waals surface area contributed by atoms with Gasteiger partial charge in [-0.05, 0) is 19.2 Å². The van der Waals surface area contributed by atoms with E-state index in [0.29, 0.717) is 30.3 Å². The van der Waals surface area contributed by atoms with Crippen molar-refractivity contribution in [3.63, 3.8) is 0 Å². The summed E-state index contributed by atoms with van der Waals surface area (Å²) in [5.74, 6) is 0.805. The van der Waals surface area contributed by atoms with Crippen LogP contribution in [0.25, 0.3) is 0 Å². The highest BCUT2D eigenvalue weighted by Crippen LogP contribution is 2.36. The van der Waals surface area contributed by atoms with Gasteiger partial charge in [0.05, 0.1) is 25.8 Å². The molecule has 2 amide bonds. The van der Waals surface area contributed by atoms with E-state index >= 15 is 0 Å². The lowest BCUT2D eigenvalue weighted by atomic mass is 10.1. The number of hydrogen-bond acceptors (Lipinski definition) is 5. The van der Waals surface area contributed by atoms with Crippen molar-refractivity contribution in [3.05, 3.63) is 18.2 Å². The van der Waals surface area contributed by atoms with Crippen molar-refractivity contribution in [2.24, 2.45) is 5.92 Å². The number of halogens is 1. The van der Waals surface area contributed by atoms with Gasteiger partial charge in [0, 0.05) is 39.2 Å². The fourth-order valence-electron chi connectivity index (χ4n) is 2.82. The lowest BCUT2D eigenvalue weighted by Crippen LogP contribution is -2.38. The number of nitrogens with zero attached hydrogens (tertiary/aromatic N) is 2. The largest absolute Gasteiger partial charge is 0.497 e. The predicted octanol–water partition coefficient (Wildman–Crippen LogP) is 1.16. The van der Waals surface area contributed by atoms with Crippen LogP contribution < -0.4 is 19.7 Å². The molecular formula is C17H26ClN3O4. The zero-order valence-corrected chi connectivity index (χ0v) is 15.9. The van der Waals surface area contributed by atoms with Gasteiger partial charge in [0.15, 0.2) is 0 Å². The summed E-state index contributed by atoms with van der Waals surface area (Å²) < 4.78 is 10.5. The van der Waals surface area contributed by atoms with Crippen molar-refractivity contribution >= 4 is 29.9 Å². The highest BCUT2D eigenvalue weighted by molar-refractivity contribution is 6.01. The van der Waals surface area contributed by atoms with E-state index in [9.17, 15) is 9.59 Å². The summed E-state index contributed by atoms with van der Waals surface area (Å²) in [5.41, 5.74) is 0.663. The maximum absolute atomic E-state index is 12.5. The van der Waals surface area contributed by atoms with Crippen LogP contribution in [-0.2, 0) is 9.59 Å². The number of hydrogen-bond donors (Lipinski definition) is 1. The van der Waals surface area contributed by atoms with Crippen molar-refractivity contribution in [2.45, 2.75) is 6.42 Å². The topological polar surface area (TPSA) is 71.1 Å². The third-order valence-electron chi connectivity index (χ3n) is 4.23. The Labute approximate surface area is 154 Å². The van der Waals surface area contributed by atoms with Crippen LogP contribution in [0.15, 0.2) is 18.2 Å². The molecule has 1 aliphatic rings. The molecule has 1 heterocycles. The molecule has 0 bridgehead atoms. The second kappa shape index (κ2) is 9.48. The Morgan fingerprint density at radius 1 is 1.36 bits per heavy atom. The molecule has 0 saturated carbocycles. The minimum Gasteiger partial charge on any atom is -0.497 e. The van der Waals surface area contributed by atoms with Gasteiger partial charge < -0.3 is 24.6 Å². The van der Waals surface area contributed by atoms with Gasteiger partial charge in [-0.25, -0.2) is 0 Å². The summed E-state index contributed by atoms with van der Waals surface area (Å²) in [6.45, 7) is 1.70. The van der Waals surface area contributed by atoms with Gasteiger partial charge in [0.1, 0.15) is 11.5 Å². The normalized spacial score (nSPS) is 16.4. The Morgan fingerprint density at radius 3 is 2.68 bits per heavy atom. The fraction of sp³-hybridized carbons (Fsp3) is 0.529. The number of anilines is 1. The van der Waals surface area contributed by atoms with Gasteiger partial charge in [-0.1, -0.05) is 0 Å². The Balaban J connectivity index is 0.00000312. The third kappa shape index (κ3) is 4.76. The zero-order chi connectivity index (χ0) is 17.7. The molecule has 1 aromatic rings. The molecule has 0 aliphatic carbocycles. The molecule has 1 aliphatic heterocycles. The van der Waals surface area contributed by atoms with E-state index in [2.05, 4.69) is 5.32 Å². The second-order valence-corrected chi connectivity index (χ2v) is 5.81. The van der Waals surface area contributed by atoms with Crippen LogP contribution in [0.2, 0.25) is 0 Å². The Morgan fingerprint density at radius 2 is 2.08 bits per heavy atom. The number of nitrogens with one attached hydrogen (secondary N) is 1. The van der Waals surface area contributed by atoms with E-state index in [1.54, 1.807) is 49.3 Å². The minimum atomic E-state index is -0.328. The number of carbonyl (C=O) groups is 2. The van der Waals surface area contributed by atoms with Crippen LogP contribution in [0, 0.1) is 5.92 Å². The standard InChI is InChI=1S/C17H25N3O4.ClH/c1-18-7-8-19(2)17(22)12-9-16(21)20(11-12)14-6-5-13(23-3)10-15(14)24-4;/h5-6,10,12,18H,7-9,11H2,1-4H3;1H. The maximum Gasteiger partial charge on any atom is 0.227 e. The van der Waals surface area contributed by atoms with E-state index < -0.39 is 0 Å². The summed E-state index contributed by atoms with van der Waals surface area (Å²) in [7, 11) is 6.73. The van der Waals surface area contributed by atoms with Crippen molar-refractivity contribution in [2.75, 3.05) is 52.8 Å². The molecule has 2 rings (SSSR count). The summed E-state index contributed by atoms with van der Waals surface area (Å²) in [6, 6.07) is 5.29. The quantitative estimate of drug-likeness (QED) is 0.778. The molecule has 1 N–H and O–H groups in total. The summed E-state index contributed by atoms with van der Waals surface area (Å²) in [5, 5.41) is 3.01. The van der Waals surface area contributed by atoms with Crippen molar-refractivity contribution in [1.82, 2.24) is 10.2 Å². The van der Waals surface area contributed by atoms with Crippen molar-refractivity contribution < 1.29 is 19.1 Å². The average Bonchev–Trinajstić information content (AvgIpc) is 2.99. The summed E-state index contributed by atoms with van der Waals surface area (Å²) in [6.07, 6.45) is 0.220. The van der Waals surface area contributed by atoms with Crippen LogP contribution in [0.1, 0.15) is 6.42 Å². The molecule has 1 atom stereocenters. The average molecular weight is 372 g/mol. The number of ether oxygens (including phenoxy) is 2. The molecule has 1 aromatic carbocycles. The highest BCUT2D eigenvalue weighted by atomic mass is 35.5. The number of rotatable bonds is 7. The van der Waals surface area contributed by atoms with E-state index in [4.69, 9.17) is 9.47 Å². The van der Waals surface area contributed by atoms with Gasteiger partial charge in [-0.15, -0.1) is 12.4 Å². The molecule has 0 radical (unpaired) electrons. The first-order chi connectivity index (χ1) is 11.5. The van der Waals surface area contributed by atoms with Gasteiger partial charge >= 0.3 is 0 Å². The molecule has 0 spiro atoms. The number of methoxy groups -OCH3 is 2. The summed E-state index contributed by atoms with van der Waals surface area (Å²) >= 11 is 0. The second-order valence-electron chi connectivity index (χ2n) is 5.81. The molecule has 7 nitrogen and oxygen atoms in total. The molecule has 8 heteroatoms. The van der Waals surface area contributed by atoms with E-state index in [1.807, 2.05) is 7.05 Å². The Kier molecular flexibility index (Phi) is 7.99. The first-order valence-electron chi connectivity index (χ1n) is 7.93. The van der Waals surface area contributed by atoms with E-state index in [-0.39, 0.29) is 36.6 Å². The van der Waals surface area contributed by atoms with Crippen LogP contribution in [-0.4, -0.2) is 64.7 Å². The van der Waals surface area contributed by atoms with Crippen LogP contribution in [0.5, 0.6) is 11.5 Å². The summed E-state index contributed by atoms with van der Waals surface area (Å²) in [4.78, 5) is 28.2. The first-order valence-corrected chi connectivity index (χ1v) is 7.93. The zero-order valence-electron chi connectivity index (χ0n) is 15.1. The van der Waals surface area contributed by atoms with E-state index in [0.717, 1.165) is 6.54 Å². The van der Waals surface area contributed by atoms with Gasteiger partial charge in [0.25, 0.3) is 0 Å². The molecular weight excluding hydrogens is 346 g/mol. The van der Waals surface area contributed by atoms with E-state index in [1.165, 1.54) is 0 Å². The van der Waals surface area contributed by atoms with Gasteiger partial charge in [-0.2, -0.15) is 0 Å². The number of likely N-dealkylation sites (N-methyl/N-ethyl adjacent to an activating group) is 2. The Hall–Kier alpha value is -1.99. The van der Waals surface area contributed by atoms with Crippen LogP contribution in [0.4, 0.5) is 5.69 Å². The molecule has 0 aromatic heterocycles. The minimum absolute atomic E-state index is 0. The van der Waals surface area contributed by atoms with Gasteiger partial charge in [0.2, 0.25) is 11.8 Å². The lowest BCUT2D eigenvalue weighted by Gasteiger charge is -2.22. The third-order valence-corrected chi connectivity index (χ3v) is 4.23. The molecule has 1 unspecified atom stereocenters. The SMILES string of the molecule is CNCCN(C)C(=O)C1CC(=O)N(c2ccc(OC)cc2OC)C1.Cl. The number of carbonyl (C=O) groups excluding carboxylic acids is 2. The predicted molar refractivity (Wildman–Crippen MR) is 98.8 cm³/mol. The maximum atomic E-state index is 12.5. The molecule has 25 heavy (non-hydrogen) atoms. The van der Waals surface area contributed by atoms with Crippen molar-refractivity contribution in [1.29, 1.82) is 0 Å². The number of benzene rings is 1. The molecule has 1 fully saturated rings. The lowest BCUT2D eigenvalue weighted by molar-refractivity contribution is -0.134. The smallest absolute Gasteiger partial charge is 0.227 e. The van der Waals surface area contributed by atoms with Crippen molar-refractivity contribution in [3.8, 4) is 11.5 Å².